The number of ether oxygens (including phenoxy) is 2. The van der Waals surface area contributed by atoms with E-state index in [0.29, 0.717) is 22.9 Å². The summed E-state index contributed by atoms with van der Waals surface area (Å²) in [7, 11) is -3.92. The van der Waals surface area contributed by atoms with Gasteiger partial charge in [-0.2, -0.15) is 9.71 Å². The van der Waals surface area contributed by atoms with Crippen molar-refractivity contribution in [1.82, 2.24) is 14.9 Å². The normalized spacial score (nSPS) is 12.4. The lowest BCUT2D eigenvalue weighted by molar-refractivity contribution is -0.147. The van der Waals surface area contributed by atoms with Crippen LogP contribution in [0.3, 0.4) is 0 Å². The summed E-state index contributed by atoms with van der Waals surface area (Å²) in [6.07, 6.45) is 0. The number of rotatable bonds is 9. The van der Waals surface area contributed by atoms with Crippen LogP contribution in [0.25, 0.3) is 11.4 Å². The lowest BCUT2D eigenvalue weighted by atomic mass is 10.2. The van der Waals surface area contributed by atoms with E-state index >= 15 is 0 Å². The average molecular weight is 466 g/mol. The number of hydrogen-bond donors (Lipinski definition) is 1. The largest absolute Gasteiger partial charge is 0.493 e. The van der Waals surface area contributed by atoms with Crippen molar-refractivity contribution in [1.29, 1.82) is 0 Å². The van der Waals surface area contributed by atoms with E-state index in [1.54, 1.807) is 12.1 Å². The number of nitrogens with one attached hydrogen (secondary N) is 1. The fraction of sp³-hybridized carbons (Fsp3) is 0.250. The number of esters is 1. The number of nitrogens with zero attached hydrogens (tertiary/aromatic N) is 2. The molecule has 164 valence electrons. The van der Waals surface area contributed by atoms with Crippen LogP contribution in [0.15, 0.2) is 57.9 Å². The summed E-state index contributed by atoms with van der Waals surface area (Å²) >= 11 is 5.77. The Bertz CT molecular complexity index is 1150. The molecule has 3 rings (SSSR count). The Labute approximate surface area is 184 Å². The highest BCUT2D eigenvalue weighted by Crippen LogP contribution is 2.27. The van der Waals surface area contributed by atoms with Crippen LogP contribution in [0.1, 0.15) is 19.7 Å². The van der Waals surface area contributed by atoms with Crippen LogP contribution >= 0.6 is 11.6 Å². The van der Waals surface area contributed by atoms with Crippen molar-refractivity contribution in [3.8, 4) is 17.1 Å². The molecule has 0 bridgehead atoms. The molecule has 1 N–H and O–H groups in total. The predicted octanol–water partition coefficient (Wildman–Crippen LogP) is 3.20. The zero-order valence-corrected chi connectivity index (χ0v) is 18.3. The first-order chi connectivity index (χ1) is 14.8. The van der Waals surface area contributed by atoms with Crippen molar-refractivity contribution in [2.24, 2.45) is 0 Å². The van der Waals surface area contributed by atoms with E-state index < -0.39 is 22.0 Å². The molecule has 0 saturated heterocycles. The third kappa shape index (κ3) is 5.81. The molecule has 0 aliphatic heterocycles. The second-order valence-electron chi connectivity index (χ2n) is 6.35. The Hall–Kier alpha value is -2.95. The molecule has 31 heavy (non-hydrogen) atoms. The maximum atomic E-state index is 12.4. The van der Waals surface area contributed by atoms with E-state index in [4.69, 9.17) is 25.6 Å². The van der Waals surface area contributed by atoms with E-state index in [9.17, 15) is 13.2 Å². The van der Waals surface area contributed by atoms with Gasteiger partial charge in [-0.3, -0.25) is 4.79 Å². The zero-order valence-electron chi connectivity index (χ0n) is 16.7. The molecule has 0 spiro atoms. The van der Waals surface area contributed by atoms with Crippen molar-refractivity contribution in [3.05, 3.63) is 59.4 Å². The standard InChI is InChI=1S/C20H20ClN3O6S/c1-3-28-17-7-5-4-6-16(17)19-22-18(30-23-19)12-29-20(25)13(2)24-31(26,27)15-10-8-14(21)9-11-15/h4-11,13,24H,3,12H2,1-2H3/t13-/m0/s1. The van der Waals surface area contributed by atoms with Crippen molar-refractivity contribution in [2.45, 2.75) is 31.4 Å². The number of para-hydroxylation sites is 1. The van der Waals surface area contributed by atoms with Gasteiger partial charge in [-0.25, -0.2) is 8.42 Å². The van der Waals surface area contributed by atoms with Crippen LogP contribution in [0, 0.1) is 0 Å². The molecule has 1 atom stereocenters. The number of sulfonamides is 1. The molecule has 11 heteroatoms. The summed E-state index contributed by atoms with van der Waals surface area (Å²) in [5.74, 6) is 0.139. The van der Waals surface area contributed by atoms with Gasteiger partial charge >= 0.3 is 5.97 Å². The van der Waals surface area contributed by atoms with Gasteiger partial charge in [-0.05, 0) is 50.2 Å². The quantitative estimate of drug-likeness (QED) is 0.478. The van der Waals surface area contributed by atoms with Crippen LogP contribution in [-0.4, -0.2) is 37.2 Å². The molecular weight excluding hydrogens is 446 g/mol. The summed E-state index contributed by atoms with van der Waals surface area (Å²) in [5.41, 5.74) is 0.634. The molecule has 0 radical (unpaired) electrons. The maximum absolute atomic E-state index is 12.4. The number of halogens is 1. The Morgan fingerprint density at radius 3 is 2.61 bits per heavy atom. The Morgan fingerprint density at radius 1 is 1.19 bits per heavy atom. The summed E-state index contributed by atoms with van der Waals surface area (Å²) in [4.78, 5) is 16.4. The van der Waals surface area contributed by atoms with Crippen LogP contribution < -0.4 is 9.46 Å². The smallest absolute Gasteiger partial charge is 0.324 e. The molecule has 1 aromatic heterocycles. The monoisotopic (exact) mass is 465 g/mol. The highest BCUT2D eigenvalue weighted by molar-refractivity contribution is 7.89. The fourth-order valence-corrected chi connectivity index (χ4v) is 3.89. The van der Waals surface area contributed by atoms with Gasteiger partial charge in [0, 0.05) is 5.02 Å². The molecular formula is C20H20ClN3O6S. The molecule has 0 amide bonds. The van der Waals surface area contributed by atoms with Crippen LogP contribution in [0.2, 0.25) is 5.02 Å². The lowest BCUT2D eigenvalue weighted by Crippen LogP contribution is -2.39. The number of carbonyl (C=O) groups excluding carboxylic acids is 1. The first kappa shape index (κ1) is 22.7. The van der Waals surface area contributed by atoms with Gasteiger partial charge in [0.05, 0.1) is 17.1 Å². The van der Waals surface area contributed by atoms with E-state index in [2.05, 4.69) is 14.9 Å². The van der Waals surface area contributed by atoms with E-state index in [1.165, 1.54) is 31.2 Å². The first-order valence-electron chi connectivity index (χ1n) is 9.29. The minimum absolute atomic E-state index is 0.0222. The van der Waals surface area contributed by atoms with Crippen LogP contribution in [0.4, 0.5) is 0 Å². The van der Waals surface area contributed by atoms with Gasteiger partial charge in [0.25, 0.3) is 5.89 Å². The number of hydrogen-bond acceptors (Lipinski definition) is 8. The Kier molecular flexibility index (Phi) is 7.26. The Morgan fingerprint density at radius 2 is 1.90 bits per heavy atom. The molecule has 3 aromatic rings. The van der Waals surface area contributed by atoms with Crippen LogP contribution in [0.5, 0.6) is 5.75 Å². The van der Waals surface area contributed by atoms with Gasteiger partial charge in [0.15, 0.2) is 6.61 Å². The topological polar surface area (TPSA) is 121 Å². The number of carbonyl (C=O) groups is 1. The van der Waals surface area contributed by atoms with E-state index in [1.807, 2.05) is 19.1 Å². The van der Waals surface area contributed by atoms with Gasteiger partial charge in [-0.1, -0.05) is 28.9 Å². The van der Waals surface area contributed by atoms with Crippen molar-refractivity contribution in [2.75, 3.05) is 6.61 Å². The van der Waals surface area contributed by atoms with E-state index in [-0.39, 0.29) is 23.2 Å². The lowest BCUT2D eigenvalue weighted by Gasteiger charge is -2.13. The van der Waals surface area contributed by atoms with Gasteiger partial charge in [-0.15, -0.1) is 0 Å². The van der Waals surface area contributed by atoms with Crippen molar-refractivity contribution < 1.29 is 27.2 Å². The Balaban J connectivity index is 1.60. The second kappa shape index (κ2) is 9.90. The third-order valence-corrected chi connectivity index (χ3v) is 5.85. The molecule has 9 nitrogen and oxygen atoms in total. The number of benzene rings is 2. The predicted molar refractivity (Wildman–Crippen MR) is 112 cm³/mol. The van der Waals surface area contributed by atoms with Crippen LogP contribution in [-0.2, 0) is 26.2 Å². The highest BCUT2D eigenvalue weighted by atomic mass is 35.5. The summed E-state index contributed by atoms with van der Waals surface area (Å²) in [6.45, 7) is 3.40. The SMILES string of the molecule is CCOc1ccccc1-c1noc(COC(=O)[C@H](C)NS(=O)(=O)c2ccc(Cl)cc2)n1. The fourth-order valence-electron chi connectivity index (χ4n) is 2.58. The second-order valence-corrected chi connectivity index (χ2v) is 8.50. The molecule has 0 aliphatic carbocycles. The number of aromatic nitrogens is 2. The minimum Gasteiger partial charge on any atom is -0.493 e. The van der Waals surface area contributed by atoms with Gasteiger partial charge in [0.2, 0.25) is 15.8 Å². The minimum atomic E-state index is -3.92. The molecule has 0 fully saturated rings. The van der Waals surface area contributed by atoms with Gasteiger partial charge in [0.1, 0.15) is 11.8 Å². The molecule has 1 heterocycles. The first-order valence-corrected chi connectivity index (χ1v) is 11.2. The van der Waals surface area contributed by atoms with Gasteiger partial charge < -0.3 is 14.0 Å². The summed E-state index contributed by atoms with van der Waals surface area (Å²) in [5, 5.41) is 4.28. The molecule has 0 saturated carbocycles. The summed E-state index contributed by atoms with van der Waals surface area (Å²) in [6, 6.07) is 11.6. The molecule has 0 aliphatic rings. The average Bonchev–Trinajstić information content (AvgIpc) is 3.21. The van der Waals surface area contributed by atoms with Crippen molar-refractivity contribution in [3.63, 3.8) is 0 Å². The molecule has 0 unspecified atom stereocenters. The summed E-state index contributed by atoms with van der Waals surface area (Å²) < 4.78 is 42.7. The third-order valence-electron chi connectivity index (χ3n) is 4.04. The van der Waals surface area contributed by atoms with Crippen molar-refractivity contribution >= 4 is 27.6 Å². The highest BCUT2D eigenvalue weighted by Gasteiger charge is 2.24. The molecule has 2 aromatic carbocycles. The maximum Gasteiger partial charge on any atom is 0.324 e. The zero-order chi connectivity index (χ0) is 22.4. The van der Waals surface area contributed by atoms with E-state index in [0.717, 1.165) is 0 Å².